The van der Waals surface area contributed by atoms with E-state index in [1.165, 1.54) is 44.9 Å². The van der Waals surface area contributed by atoms with E-state index in [1.807, 2.05) is 30.3 Å². The van der Waals surface area contributed by atoms with Gasteiger partial charge in [0.1, 0.15) is 17.8 Å². The van der Waals surface area contributed by atoms with Crippen LogP contribution in [-0.2, 0) is 17.8 Å². The van der Waals surface area contributed by atoms with Crippen molar-refractivity contribution < 1.29 is 9.59 Å². The molecule has 4 fully saturated rings. The fraction of sp³-hybridized carbons (Fsp3) is 0.483. The molecule has 3 heterocycles. The lowest BCUT2D eigenvalue weighted by Gasteiger charge is -2.56. The number of hydrogen-bond acceptors (Lipinski definition) is 5. The quantitative estimate of drug-likeness (QED) is 0.580. The van der Waals surface area contributed by atoms with Gasteiger partial charge in [-0.1, -0.05) is 24.3 Å². The van der Waals surface area contributed by atoms with Crippen molar-refractivity contribution in [3.63, 3.8) is 0 Å². The minimum absolute atomic E-state index is 0.0803. The van der Waals surface area contributed by atoms with Crippen LogP contribution in [0.1, 0.15) is 66.7 Å². The van der Waals surface area contributed by atoms with Gasteiger partial charge in [-0.3, -0.25) is 9.59 Å². The van der Waals surface area contributed by atoms with Crippen LogP contribution in [-0.4, -0.2) is 38.2 Å². The Hall–Kier alpha value is -3.35. The molecule has 0 unspecified atom stereocenters. The molecule has 4 bridgehead atoms. The van der Waals surface area contributed by atoms with E-state index in [9.17, 15) is 9.59 Å². The molecular formula is C29H31N5O2. The van der Waals surface area contributed by atoms with Crippen LogP contribution in [0.15, 0.2) is 42.7 Å². The number of pyridine rings is 1. The Morgan fingerprint density at radius 2 is 1.72 bits per heavy atom. The molecule has 8 rings (SSSR count). The Labute approximate surface area is 210 Å². The highest BCUT2D eigenvalue weighted by Gasteiger charge is 2.51. The third-order valence-corrected chi connectivity index (χ3v) is 9.07. The molecule has 1 N–H and O–H groups in total. The second-order valence-electron chi connectivity index (χ2n) is 11.7. The molecule has 1 aromatic carbocycles. The van der Waals surface area contributed by atoms with E-state index in [1.54, 1.807) is 11.0 Å². The lowest BCUT2D eigenvalue weighted by atomic mass is 9.49. The molecule has 0 atom stereocenters. The van der Waals surface area contributed by atoms with Crippen LogP contribution in [0.4, 0.5) is 5.82 Å². The maximum absolute atomic E-state index is 13.2. The van der Waals surface area contributed by atoms with Crippen LogP contribution >= 0.6 is 0 Å². The predicted molar refractivity (Wildman–Crippen MR) is 136 cm³/mol. The van der Waals surface area contributed by atoms with Gasteiger partial charge in [0, 0.05) is 23.9 Å². The first-order valence-electron chi connectivity index (χ1n) is 13.3. The standard InChI is InChI=1S/C29H31N5O2/c35-26(15-29-12-18-9-19(13-29)11-20(10-18)14-29)33-27-22-7-8-34(16-25(22)30-17-31-27)28(36)24-6-5-21-3-1-2-4-23(21)32-24/h1-6,17-20H,7-16H2,(H,30,31,33,35). The average molecular weight is 482 g/mol. The summed E-state index contributed by atoms with van der Waals surface area (Å²) < 4.78 is 0. The van der Waals surface area contributed by atoms with Gasteiger partial charge in [0.2, 0.25) is 5.91 Å². The van der Waals surface area contributed by atoms with Crippen molar-refractivity contribution in [3.8, 4) is 0 Å². The van der Waals surface area contributed by atoms with Gasteiger partial charge in [0.15, 0.2) is 0 Å². The summed E-state index contributed by atoms with van der Waals surface area (Å²) in [5, 5.41) is 4.15. The SMILES string of the molecule is O=C(CC12CC3CC(CC(C3)C1)C2)Nc1ncnc2c1CCN(C(=O)c1ccc3ccccc3n1)C2. The molecule has 2 amide bonds. The molecule has 4 aliphatic carbocycles. The zero-order chi connectivity index (χ0) is 24.3. The maximum atomic E-state index is 13.2. The number of nitrogens with one attached hydrogen (secondary N) is 1. The maximum Gasteiger partial charge on any atom is 0.272 e. The molecule has 5 aliphatic rings. The summed E-state index contributed by atoms with van der Waals surface area (Å²) in [7, 11) is 0. The Morgan fingerprint density at radius 3 is 2.50 bits per heavy atom. The molecule has 2 aromatic heterocycles. The van der Waals surface area contributed by atoms with Crippen LogP contribution in [0.2, 0.25) is 0 Å². The summed E-state index contributed by atoms with van der Waals surface area (Å²) in [4.78, 5) is 41.7. The number of benzene rings is 1. The van der Waals surface area contributed by atoms with E-state index >= 15 is 0 Å². The van der Waals surface area contributed by atoms with Gasteiger partial charge in [-0.05, 0) is 80.2 Å². The topological polar surface area (TPSA) is 88.1 Å². The van der Waals surface area contributed by atoms with Gasteiger partial charge < -0.3 is 10.2 Å². The highest BCUT2D eigenvalue weighted by Crippen LogP contribution is 2.61. The number of amides is 2. The van der Waals surface area contributed by atoms with Crippen molar-refractivity contribution in [2.24, 2.45) is 23.2 Å². The van der Waals surface area contributed by atoms with Crippen LogP contribution < -0.4 is 5.32 Å². The summed E-state index contributed by atoms with van der Waals surface area (Å²) in [6.45, 7) is 0.939. The number of para-hydroxylation sites is 1. The molecule has 0 radical (unpaired) electrons. The zero-order valence-electron chi connectivity index (χ0n) is 20.4. The van der Waals surface area contributed by atoms with Gasteiger partial charge >= 0.3 is 0 Å². The van der Waals surface area contributed by atoms with Gasteiger partial charge in [0.05, 0.1) is 17.8 Å². The molecule has 36 heavy (non-hydrogen) atoms. The zero-order valence-corrected chi connectivity index (χ0v) is 20.4. The van der Waals surface area contributed by atoms with Crippen LogP contribution in [0, 0.1) is 23.2 Å². The number of nitrogens with zero attached hydrogens (tertiary/aromatic N) is 4. The van der Waals surface area contributed by atoms with Gasteiger partial charge in [-0.25, -0.2) is 15.0 Å². The Morgan fingerprint density at radius 1 is 0.972 bits per heavy atom. The number of anilines is 1. The third-order valence-electron chi connectivity index (χ3n) is 9.07. The second-order valence-corrected chi connectivity index (χ2v) is 11.7. The third kappa shape index (κ3) is 3.85. The summed E-state index contributed by atoms with van der Waals surface area (Å²) in [6, 6.07) is 11.5. The first-order chi connectivity index (χ1) is 17.5. The molecule has 7 heteroatoms. The first-order valence-corrected chi connectivity index (χ1v) is 13.3. The average Bonchev–Trinajstić information content (AvgIpc) is 2.86. The number of rotatable bonds is 4. The lowest BCUT2D eigenvalue weighted by molar-refractivity contribution is -0.124. The Kier molecular flexibility index (Phi) is 5.08. The van der Waals surface area contributed by atoms with Crippen molar-refractivity contribution >= 4 is 28.5 Å². The van der Waals surface area contributed by atoms with Crippen molar-refractivity contribution in [1.82, 2.24) is 19.9 Å². The van der Waals surface area contributed by atoms with Gasteiger partial charge in [-0.15, -0.1) is 0 Å². The number of carbonyl (C=O) groups is 2. The molecule has 184 valence electrons. The largest absolute Gasteiger partial charge is 0.331 e. The number of carbonyl (C=O) groups excluding carboxylic acids is 2. The van der Waals surface area contributed by atoms with E-state index in [0.717, 1.165) is 39.9 Å². The Balaban J connectivity index is 1.05. The summed E-state index contributed by atoms with van der Waals surface area (Å²) in [5.41, 5.74) is 3.20. The summed E-state index contributed by atoms with van der Waals surface area (Å²) >= 11 is 0. The van der Waals surface area contributed by atoms with Crippen molar-refractivity contribution in [2.45, 2.75) is 57.9 Å². The fourth-order valence-corrected chi connectivity index (χ4v) is 8.01. The first kappa shape index (κ1) is 21.9. The van der Waals surface area contributed by atoms with E-state index in [0.29, 0.717) is 37.4 Å². The Bertz CT molecular complexity index is 1330. The highest BCUT2D eigenvalue weighted by atomic mass is 16.2. The lowest BCUT2D eigenvalue weighted by Crippen LogP contribution is -2.47. The fourth-order valence-electron chi connectivity index (χ4n) is 8.01. The predicted octanol–water partition coefficient (Wildman–Crippen LogP) is 4.77. The minimum atomic E-state index is -0.0996. The molecule has 0 saturated heterocycles. The molecule has 4 saturated carbocycles. The smallest absolute Gasteiger partial charge is 0.272 e. The number of fused-ring (bicyclic) bond motifs is 2. The monoisotopic (exact) mass is 481 g/mol. The minimum Gasteiger partial charge on any atom is -0.331 e. The molecule has 3 aromatic rings. The van der Waals surface area contributed by atoms with Crippen LogP contribution in [0.25, 0.3) is 10.9 Å². The number of hydrogen-bond donors (Lipinski definition) is 1. The van der Waals surface area contributed by atoms with E-state index in [2.05, 4.69) is 20.3 Å². The molecule has 0 spiro atoms. The van der Waals surface area contributed by atoms with Crippen molar-refractivity contribution in [1.29, 1.82) is 0 Å². The van der Waals surface area contributed by atoms with Gasteiger partial charge in [-0.2, -0.15) is 0 Å². The molecule has 1 aliphatic heterocycles. The highest BCUT2D eigenvalue weighted by molar-refractivity contribution is 5.95. The molecule has 7 nitrogen and oxygen atoms in total. The number of aromatic nitrogens is 3. The van der Waals surface area contributed by atoms with E-state index in [4.69, 9.17) is 0 Å². The van der Waals surface area contributed by atoms with Gasteiger partial charge in [0.25, 0.3) is 5.91 Å². The normalized spacial score (nSPS) is 28.2. The van der Waals surface area contributed by atoms with E-state index < -0.39 is 0 Å². The van der Waals surface area contributed by atoms with Crippen LogP contribution in [0.5, 0.6) is 0 Å². The van der Waals surface area contributed by atoms with Crippen LogP contribution in [0.3, 0.4) is 0 Å². The second kappa shape index (κ2) is 8.36. The van der Waals surface area contributed by atoms with E-state index in [-0.39, 0.29) is 17.2 Å². The van der Waals surface area contributed by atoms with Crippen molar-refractivity contribution in [3.05, 3.63) is 59.7 Å². The van der Waals surface area contributed by atoms with Crippen molar-refractivity contribution in [2.75, 3.05) is 11.9 Å². The summed E-state index contributed by atoms with van der Waals surface area (Å²) in [6.07, 6.45) is 10.5. The summed E-state index contributed by atoms with van der Waals surface area (Å²) in [5.74, 6) is 3.09. The molecular weight excluding hydrogens is 450 g/mol.